The van der Waals surface area contributed by atoms with Crippen LogP contribution in [0.4, 0.5) is 29.1 Å². The number of nitrogens with one attached hydrogen (secondary N) is 1. The van der Waals surface area contributed by atoms with E-state index in [1.165, 1.54) is 25.5 Å². The van der Waals surface area contributed by atoms with Crippen LogP contribution in [0.2, 0.25) is 5.02 Å². The number of amidine groups is 1. The van der Waals surface area contributed by atoms with Crippen molar-refractivity contribution in [3.8, 4) is 5.88 Å². The van der Waals surface area contributed by atoms with Crippen molar-refractivity contribution in [3.05, 3.63) is 40.9 Å². The molecule has 2 aromatic heterocycles. The van der Waals surface area contributed by atoms with Crippen LogP contribution >= 0.6 is 11.6 Å². The highest BCUT2D eigenvalue weighted by molar-refractivity contribution is 6.33. The van der Waals surface area contributed by atoms with Crippen molar-refractivity contribution >= 4 is 41.3 Å². The molecule has 34 heavy (non-hydrogen) atoms. The Hall–Kier alpha value is -3.52. The van der Waals surface area contributed by atoms with Gasteiger partial charge in [0.2, 0.25) is 12.3 Å². The maximum Gasteiger partial charge on any atom is 0.422 e. The van der Waals surface area contributed by atoms with Crippen LogP contribution in [0.25, 0.3) is 0 Å². The van der Waals surface area contributed by atoms with E-state index in [9.17, 15) is 32.3 Å². The number of alkyl halides is 3. The average Bonchev–Trinajstić information content (AvgIpc) is 2.78. The lowest BCUT2D eigenvalue weighted by atomic mass is 10.2. The molecule has 0 aliphatic heterocycles. The predicted molar refractivity (Wildman–Crippen MR) is 114 cm³/mol. The SMILES string of the molecule is CCN(C=O)/C(CO)=N\N(C)c1nc(OCC(F)(F)F)c(C(=O)Nc2cnccc2Cl)cc1F. The number of hydrogen-bond donors (Lipinski definition) is 2. The van der Waals surface area contributed by atoms with Crippen LogP contribution in [0.15, 0.2) is 29.6 Å². The first kappa shape index (κ1) is 26.7. The number of aliphatic hydroxyl groups excluding tert-OH is 1. The van der Waals surface area contributed by atoms with Gasteiger partial charge in [0.1, 0.15) is 12.2 Å². The Morgan fingerprint density at radius 3 is 2.68 bits per heavy atom. The molecule has 10 nitrogen and oxygen atoms in total. The summed E-state index contributed by atoms with van der Waals surface area (Å²) in [6.07, 6.45) is -1.88. The number of aliphatic hydroxyl groups is 1. The third-order valence-electron chi connectivity index (χ3n) is 4.07. The number of carbonyl (C=O) groups excluding carboxylic acids is 2. The summed E-state index contributed by atoms with van der Waals surface area (Å²) in [5.41, 5.74) is -0.642. The number of amides is 2. The number of anilines is 2. The van der Waals surface area contributed by atoms with Crippen LogP contribution in [-0.2, 0) is 4.79 Å². The lowest BCUT2D eigenvalue weighted by Crippen LogP contribution is -2.34. The van der Waals surface area contributed by atoms with E-state index >= 15 is 0 Å². The number of pyridine rings is 2. The molecule has 0 unspecified atom stereocenters. The van der Waals surface area contributed by atoms with E-state index in [1.54, 1.807) is 6.92 Å². The van der Waals surface area contributed by atoms with Crippen LogP contribution in [0.3, 0.4) is 0 Å². The number of aromatic nitrogens is 2. The van der Waals surface area contributed by atoms with Crippen LogP contribution in [0.5, 0.6) is 5.88 Å². The minimum Gasteiger partial charge on any atom is -0.467 e. The van der Waals surface area contributed by atoms with Gasteiger partial charge >= 0.3 is 6.18 Å². The molecule has 0 radical (unpaired) electrons. The molecule has 2 rings (SSSR count). The Balaban J connectivity index is 2.49. The molecule has 2 aromatic rings. The van der Waals surface area contributed by atoms with E-state index in [-0.39, 0.29) is 23.1 Å². The molecule has 0 fully saturated rings. The fourth-order valence-electron chi connectivity index (χ4n) is 2.49. The van der Waals surface area contributed by atoms with Crippen LogP contribution < -0.4 is 15.1 Å². The van der Waals surface area contributed by atoms with Gasteiger partial charge in [-0.2, -0.15) is 23.3 Å². The standard InChI is InChI=1S/C19H19ClF4N6O4/c1-3-30(10-32)15(8-31)28-29(2)16-13(21)6-11(18(27-16)34-9-19(22,23)24)17(33)26-14-7-25-5-4-12(14)20/h4-7,10,31H,3,8-9H2,1-2H3,(H,26,33)/b28-15-. The van der Waals surface area contributed by atoms with Gasteiger partial charge in [0, 0.05) is 19.8 Å². The smallest absolute Gasteiger partial charge is 0.422 e. The molecule has 0 saturated heterocycles. The lowest BCUT2D eigenvalue weighted by molar-refractivity contribution is -0.154. The normalized spacial score (nSPS) is 11.7. The number of hydrazone groups is 1. The van der Waals surface area contributed by atoms with E-state index in [2.05, 4.69) is 25.1 Å². The zero-order valence-electron chi connectivity index (χ0n) is 17.8. The molecule has 184 valence electrons. The first-order valence-electron chi connectivity index (χ1n) is 9.45. The first-order valence-corrected chi connectivity index (χ1v) is 9.83. The molecule has 0 aliphatic rings. The fourth-order valence-corrected chi connectivity index (χ4v) is 2.64. The van der Waals surface area contributed by atoms with E-state index in [0.717, 1.165) is 9.91 Å². The molecular formula is C19H19ClF4N6O4. The molecule has 0 aromatic carbocycles. The highest BCUT2D eigenvalue weighted by Gasteiger charge is 2.31. The van der Waals surface area contributed by atoms with Crippen molar-refractivity contribution in [2.75, 3.05) is 37.1 Å². The molecule has 15 heteroatoms. The summed E-state index contributed by atoms with van der Waals surface area (Å²) < 4.78 is 57.7. The van der Waals surface area contributed by atoms with Crippen molar-refractivity contribution in [3.63, 3.8) is 0 Å². The molecule has 0 saturated carbocycles. The Bertz CT molecular complexity index is 1070. The van der Waals surface area contributed by atoms with Crippen molar-refractivity contribution < 1.29 is 37.0 Å². The van der Waals surface area contributed by atoms with Gasteiger partial charge in [0.05, 0.1) is 16.9 Å². The second kappa shape index (κ2) is 11.6. The van der Waals surface area contributed by atoms with Crippen molar-refractivity contribution in [2.45, 2.75) is 13.1 Å². The molecular weight excluding hydrogens is 488 g/mol. The average molecular weight is 507 g/mol. The minimum atomic E-state index is -4.78. The topological polar surface area (TPSA) is 120 Å². The molecule has 0 spiro atoms. The number of nitrogens with zero attached hydrogens (tertiary/aromatic N) is 5. The number of hydrogen-bond acceptors (Lipinski definition) is 8. The minimum absolute atomic E-state index is 0.0169. The molecule has 0 aliphatic carbocycles. The summed E-state index contributed by atoms with van der Waals surface area (Å²) in [5.74, 6) is -3.89. The summed E-state index contributed by atoms with van der Waals surface area (Å²) in [6.45, 7) is -0.809. The lowest BCUT2D eigenvalue weighted by Gasteiger charge is -2.21. The number of likely N-dealkylation sites (N-methyl/N-ethyl adjacent to an activating group) is 1. The predicted octanol–water partition coefficient (Wildman–Crippen LogP) is 2.68. The maximum atomic E-state index is 14.8. The van der Waals surface area contributed by atoms with E-state index in [4.69, 9.17) is 11.6 Å². The summed E-state index contributed by atoms with van der Waals surface area (Å²) in [6, 6.07) is 1.96. The molecule has 2 amide bonds. The third kappa shape index (κ3) is 6.99. The maximum absolute atomic E-state index is 14.8. The van der Waals surface area contributed by atoms with Gasteiger partial charge in [0.25, 0.3) is 5.91 Å². The van der Waals surface area contributed by atoms with Gasteiger partial charge in [-0.3, -0.25) is 19.5 Å². The highest BCUT2D eigenvalue weighted by Crippen LogP contribution is 2.28. The zero-order valence-corrected chi connectivity index (χ0v) is 18.6. The molecule has 2 N–H and O–H groups in total. The summed E-state index contributed by atoms with van der Waals surface area (Å²) in [4.78, 5) is 32.2. The van der Waals surface area contributed by atoms with Gasteiger partial charge in [-0.15, -0.1) is 0 Å². The molecule has 0 bridgehead atoms. The monoisotopic (exact) mass is 506 g/mol. The quantitative estimate of drug-likeness (QED) is 0.176. The van der Waals surface area contributed by atoms with Crippen LogP contribution in [0.1, 0.15) is 17.3 Å². The van der Waals surface area contributed by atoms with E-state index < -0.39 is 48.4 Å². The molecule has 2 heterocycles. The van der Waals surface area contributed by atoms with Crippen molar-refractivity contribution in [1.29, 1.82) is 0 Å². The van der Waals surface area contributed by atoms with Crippen LogP contribution in [-0.4, -0.2) is 71.1 Å². The summed E-state index contributed by atoms with van der Waals surface area (Å²) in [5, 5.41) is 16.4. The fraction of sp³-hybridized carbons (Fsp3) is 0.316. The Morgan fingerprint density at radius 2 is 2.12 bits per heavy atom. The van der Waals surface area contributed by atoms with E-state index in [1.807, 2.05) is 0 Å². The van der Waals surface area contributed by atoms with Gasteiger partial charge in [-0.1, -0.05) is 11.6 Å². The first-order chi connectivity index (χ1) is 16.0. The Morgan fingerprint density at radius 1 is 1.41 bits per heavy atom. The number of ether oxygens (including phenoxy) is 1. The van der Waals surface area contributed by atoms with Gasteiger partial charge in [-0.05, 0) is 19.1 Å². The number of rotatable bonds is 9. The van der Waals surface area contributed by atoms with Gasteiger partial charge < -0.3 is 15.2 Å². The second-order valence-corrected chi connectivity index (χ2v) is 6.86. The summed E-state index contributed by atoms with van der Waals surface area (Å²) >= 11 is 5.93. The summed E-state index contributed by atoms with van der Waals surface area (Å²) in [7, 11) is 1.17. The Labute approximate surface area is 195 Å². The third-order valence-corrected chi connectivity index (χ3v) is 4.40. The molecule has 0 atom stereocenters. The van der Waals surface area contributed by atoms with Crippen LogP contribution in [0, 0.1) is 5.82 Å². The number of halogens is 5. The van der Waals surface area contributed by atoms with Crippen molar-refractivity contribution in [1.82, 2.24) is 14.9 Å². The largest absolute Gasteiger partial charge is 0.467 e. The second-order valence-electron chi connectivity index (χ2n) is 6.45. The van der Waals surface area contributed by atoms with E-state index in [0.29, 0.717) is 12.5 Å². The number of carbonyl (C=O) groups is 2. The van der Waals surface area contributed by atoms with Gasteiger partial charge in [-0.25, -0.2) is 9.40 Å². The highest BCUT2D eigenvalue weighted by atomic mass is 35.5. The van der Waals surface area contributed by atoms with Crippen molar-refractivity contribution in [2.24, 2.45) is 5.10 Å². The van der Waals surface area contributed by atoms with Gasteiger partial charge in [0.15, 0.2) is 24.1 Å². The zero-order chi connectivity index (χ0) is 25.5. The Kier molecular flexibility index (Phi) is 9.09.